The van der Waals surface area contributed by atoms with Gasteiger partial charge in [-0.05, 0) is 47.8 Å². The Morgan fingerprint density at radius 1 is 1.03 bits per heavy atom. The molecule has 0 radical (unpaired) electrons. The van der Waals surface area contributed by atoms with Gasteiger partial charge in [-0.3, -0.25) is 9.63 Å². The van der Waals surface area contributed by atoms with Crippen molar-refractivity contribution in [1.29, 1.82) is 0 Å². The second-order valence-corrected chi connectivity index (χ2v) is 7.95. The number of halogens is 1. The zero-order valence-electron chi connectivity index (χ0n) is 20.4. The molecular weight excluding hydrogens is 508 g/mol. The van der Waals surface area contributed by atoms with Crippen LogP contribution in [0.15, 0.2) is 41.8 Å². The molecule has 3 aromatic rings. The quantitative estimate of drug-likeness (QED) is 0.277. The molecule has 0 saturated heterocycles. The van der Waals surface area contributed by atoms with E-state index in [9.17, 15) is 9.59 Å². The first-order valence-corrected chi connectivity index (χ1v) is 11.5. The van der Waals surface area contributed by atoms with Crippen LogP contribution in [0.5, 0.6) is 17.2 Å². The van der Waals surface area contributed by atoms with E-state index in [0.29, 0.717) is 35.9 Å². The van der Waals surface area contributed by atoms with E-state index in [-0.39, 0.29) is 18.8 Å². The lowest BCUT2D eigenvalue weighted by Gasteiger charge is -2.21. The number of ether oxygens (including phenoxy) is 3. The zero-order valence-corrected chi connectivity index (χ0v) is 22.0. The number of aromatic nitrogens is 1. The van der Waals surface area contributed by atoms with Gasteiger partial charge in [0.2, 0.25) is 11.7 Å². The van der Waals surface area contributed by atoms with E-state index < -0.39 is 11.9 Å². The van der Waals surface area contributed by atoms with Crippen LogP contribution >= 0.6 is 23.9 Å². The number of amides is 3. The van der Waals surface area contributed by atoms with E-state index in [1.807, 2.05) is 35.7 Å². The van der Waals surface area contributed by atoms with Gasteiger partial charge in [-0.1, -0.05) is 12.1 Å². The molecule has 1 heterocycles. The third-order valence-corrected chi connectivity index (χ3v) is 5.77. The Bertz CT molecular complexity index is 1160. The van der Waals surface area contributed by atoms with Gasteiger partial charge in [-0.15, -0.1) is 12.4 Å². The average molecular weight is 537 g/mol. The predicted molar refractivity (Wildman–Crippen MR) is 141 cm³/mol. The number of urea groups is 1. The number of carbonyl (C=O) groups is 2. The first-order chi connectivity index (χ1) is 16.9. The Hall–Kier alpha value is -3.54. The van der Waals surface area contributed by atoms with Gasteiger partial charge in [0.25, 0.3) is 0 Å². The van der Waals surface area contributed by atoms with Crippen molar-refractivity contribution in [2.24, 2.45) is 5.73 Å². The van der Waals surface area contributed by atoms with Gasteiger partial charge < -0.3 is 25.3 Å². The number of methoxy groups -OCH3 is 3. The molecule has 0 unspecified atom stereocenters. The van der Waals surface area contributed by atoms with Crippen LogP contribution in [0.4, 0.5) is 10.5 Å². The lowest BCUT2D eigenvalue weighted by Crippen LogP contribution is -2.40. The highest BCUT2D eigenvalue weighted by atomic mass is 35.5. The molecular formula is C24H29ClN4O6S. The van der Waals surface area contributed by atoms with Crippen molar-refractivity contribution in [2.45, 2.75) is 12.8 Å². The minimum Gasteiger partial charge on any atom is -0.493 e. The molecule has 36 heavy (non-hydrogen) atoms. The highest BCUT2D eigenvalue weighted by molar-refractivity contribution is 7.04. The van der Waals surface area contributed by atoms with Crippen LogP contribution in [0.2, 0.25) is 0 Å². The van der Waals surface area contributed by atoms with E-state index in [4.69, 9.17) is 24.8 Å². The van der Waals surface area contributed by atoms with Crippen molar-refractivity contribution >= 4 is 41.6 Å². The fourth-order valence-corrected chi connectivity index (χ4v) is 4.22. The van der Waals surface area contributed by atoms with Crippen LogP contribution in [-0.4, -0.2) is 51.3 Å². The van der Waals surface area contributed by atoms with Crippen LogP contribution in [0.3, 0.4) is 0 Å². The number of nitrogens with zero attached hydrogens (tertiary/aromatic N) is 2. The Balaban J connectivity index is 0.00000456. The molecule has 12 heteroatoms. The molecule has 0 saturated carbocycles. The summed E-state index contributed by atoms with van der Waals surface area (Å²) in [7, 11) is 6.08. The molecule has 3 N–H and O–H groups in total. The first-order valence-electron chi connectivity index (χ1n) is 10.7. The largest absolute Gasteiger partial charge is 0.493 e. The summed E-state index contributed by atoms with van der Waals surface area (Å²) in [5.74, 6) is 1.12. The minimum absolute atomic E-state index is 0. The topological polar surface area (TPSA) is 125 Å². The van der Waals surface area contributed by atoms with Crippen LogP contribution < -0.4 is 30.3 Å². The van der Waals surface area contributed by atoms with Gasteiger partial charge >= 0.3 is 6.03 Å². The maximum absolute atomic E-state index is 12.6. The number of hydrogen-bond acceptors (Lipinski definition) is 8. The average Bonchev–Trinajstić information content (AvgIpc) is 3.36. The minimum atomic E-state index is -0.456. The van der Waals surface area contributed by atoms with Crippen molar-refractivity contribution in [3.8, 4) is 39.6 Å². The molecule has 0 atom stereocenters. The van der Waals surface area contributed by atoms with Gasteiger partial charge in [0.15, 0.2) is 11.5 Å². The van der Waals surface area contributed by atoms with Crippen LogP contribution in [0, 0.1) is 0 Å². The summed E-state index contributed by atoms with van der Waals surface area (Å²) in [5.41, 5.74) is 8.88. The fraction of sp³-hybridized carbons (Fsp3) is 0.292. The molecule has 0 aliphatic carbocycles. The number of carbonyl (C=O) groups excluding carboxylic acids is 2. The van der Waals surface area contributed by atoms with Crippen molar-refractivity contribution in [3.63, 3.8) is 0 Å². The number of anilines is 1. The summed E-state index contributed by atoms with van der Waals surface area (Å²) in [6.07, 6.45) is 0.634. The number of nitrogens with one attached hydrogen (secondary N) is 1. The number of nitrogens with two attached hydrogens (primary N) is 1. The zero-order chi connectivity index (χ0) is 25.4. The summed E-state index contributed by atoms with van der Waals surface area (Å²) in [6, 6.07) is 10.6. The SMILES string of the molecule is COc1cc(-c2nscc2-c2cccc(N(OC)C(=O)NCCCC(N)=O)c2)cc(OC)c1OC.Cl. The second-order valence-electron chi connectivity index (χ2n) is 7.32. The summed E-state index contributed by atoms with van der Waals surface area (Å²) >= 11 is 1.31. The van der Waals surface area contributed by atoms with Crippen LogP contribution in [0.25, 0.3) is 22.4 Å². The number of hydroxylamine groups is 1. The number of hydrogen-bond donors (Lipinski definition) is 2. The summed E-state index contributed by atoms with van der Waals surface area (Å²) in [4.78, 5) is 28.8. The highest BCUT2D eigenvalue weighted by Crippen LogP contribution is 2.43. The highest BCUT2D eigenvalue weighted by Gasteiger charge is 2.20. The molecule has 0 fully saturated rings. The smallest absolute Gasteiger partial charge is 0.346 e. The summed E-state index contributed by atoms with van der Waals surface area (Å²) in [6.45, 7) is 0.293. The van der Waals surface area contributed by atoms with Crippen molar-refractivity contribution in [1.82, 2.24) is 9.69 Å². The number of rotatable bonds is 11. The fourth-order valence-electron chi connectivity index (χ4n) is 3.50. The van der Waals surface area contributed by atoms with Crippen molar-refractivity contribution in [2.75, 3.05) is 40.0 Å². The Labute approximate surface area is 219 Å². The first kappa shape index (κ1) is 28.7. The van der Waals surface area contributed by atoms with Gasteiger partial charge in [-0.25, -0.2) is 4.79 Å². The Morgan fingerprint density at radius 2 is 1.72 bits per heavy atom. The monoisotopic (exact) mass is 536 g/mol. The molecule has 194 valence electrons. The van der Waals surface area contributed by atoms with Gasteiger partial charge in [0.1, 0.15) is 0 Å². The van der Waals surface area contributed by atoms with Crippen molar-refractivity contribution in [3.05, 3.63) is 41.8 Å². The van der Waals surface area contributed by atoms with E-state index in [1.165, 1.54) is 18.6 Å². The van der Waals surface area contributed by atoms with Gasteiger partial charge in [0, 0.05) is 29.5 Å². The Morgan fingerprint density at radius 3 is 2.31 bits per heavy atom. The molecule has 2 aromatic carbocycles. The summed E-state index contributed by atoms with van der Waals surface area (Å²) < 4.78 is 21.0. The lowest BCUT2D eigenvalue weighted by atomic mass is 10.0. The normalized spacial score (nSPS) is 10.2. The molecule has 0 aliphatic rings. The molecule has 10 nitrogen and oxygen atoms in total. The molecule has 3 rings (SSSR count). The molecule has 0 aliphatic heterocycles. The van der Waals surface area contributed by atoms with E-state index in [2.05, 4.69) is 9.69 Å². The Kier molecular flexibility index (Phi) is 10.8. The van der Waals surface area contributed by atoms with Crippen LogP contribution in [0.1, 0.15) is 12.8 Å². The summed E-state index contributed by atoms with van der Waals surface area (Å²) in [5, 5.41) is 5.79. The van der Waals surface area contributed by atoms with Crippen LogP contribution in [-0.2, 0) is 9.63 Å². The third-order valence-electron chi connectivity index (χ3n) is 5.14. The maximum atomic E-state index is 12.6. The standard InChI is InChI=1S/C24H28N4O6S.ClH/c1-31-19-12-16(13-20(32-2)23(19)33-3)22-18(14-35-27-22)15-7-5-8-17(11-15)28(34-4)24(30)26-10-6-9-21(25)29;/h5,7-8,11-14H,6,9-10H2,1-4H3,(H2,25,29)(H,26,30);1H. The molecule has 0 bridgehead atoms. The predicted octanol–water partition coefficient (Wildman–Crippen LogP) is 4.27. The lowest BCUT2D eigenvalue weighted by molar-refractivity contribution is -0.118. The second kappa shape index (κ2) is 13.5. The van der Waals surface area contributed by atoms with Gasteiger partial charge in [0.05, 0.1) is 39.8 Å². The molecule has 0 spiro atoms. The van der Waals surface area contributed by atoms with E-state index in [0.717, 1.165) is 27.4 Å². The van der Waals surface area contributed by atoms with E-state index >= 15 is 0 Å². The van der Waals surface area contributed by atoms with E-state index in [1.54, 1.807) is 27.4 Å². The van der Waals surface area contributed by atoms with Crippen molar-refractivity contribution < 1.29 is 28.6 Å². The number of primary amides is 1. The molecule has 1 aromatic heterocycles. The molecule has 3 amide bonds. The number of benzene rings is 2. The maximum Gasteiger partial charge on any atom is 0.346 e. The third kappa shape index (κ3) is 6.56. The van der Waals surface area contributed by atoms with Gasteiger partial charge in [-0.2, -0.15) is 9.44 Å².